The molecule has 4 heteroatoms. The zero-order valence-corrected chi connectivity index (χ0v) is 14.5. The molecule has 0 radical (unpaired) electrons. The van der Waals surface area contributed by atoms with Gasteiger partial charge in [0, 0.05) is 36.9 Å². The van der Waals surface area contributed by atoms with Crippen molar-refractivity contribution in [3.8, 4) is 0 Å². The quantitative estimate of drug-likeness (QED) is 0.925. The third-order valence-electron chi connectivity index (χ3n) is 4.56. The molecule has 1 fully saturated rings. The summed E-state index contributed by atoms with van der Waals surface area (Å²) < 4.78 is 0. The number of piperazine rings is 1. The third kappa shape index (κ3) is 3.92. The number of nitrogens with zero attached hydrogens (tertiary/aromatic N) is 2. The number of hydrogen-bond donors (Lipinski definition) is 1. The van der Waals surface area contributed by atoms with E-state index < -0.39 is 0 Å². The van der Waals surface area contributed by atoms with Gasteiger partial charge in [-0.2, -0.15) is 0 Å². The molecule has 1 aromatic heterocycles. The molecule has 1 aliphatic heterocycles. The van der Waals surface area contributed by atoms with Gasteiger partial charge in [-0.1, -0.05) is 43.6 Å². The Balaban J connectivity index is 1.93. The minimum atomic E-state index is 0.178. The zero-order chi connectivity index (χ0) is 16.2. The Kier molecular flexibility index (Phi) is 5.31. The lowest BCUT2D eigenvalue weighted by Crippen LogP contribution is -2.53. The normalized spacial score (nSPS) is 20.6. The summed E-state index contributed by atoms with van der Waals surface area (Å²) in [5.41, 5.74) is 2.34. The fraction of sp³-hybridized carbons (Fsp3) is 0.421. The van der Waals surface area contributed by atoms with Gasteiger partial charge in [-0.15, -0.1) is 0 Å². The summed E-state index contributed by atoms with van der Waals surface area (Å²) >= 11 is 6.07. The van der Waals surface area contributed by atoms with Crippen molar-refractivity contribution in [2.24, 2.45) is 5.92 Å². The molecule has 122 valence electrons. The molecule has 1 aromatic carbocycles. The Hall–Kier alpha value is -1.42. The molecule has 0 bridgehead atoms. The number of benzene rings is 1. The standard InChI is InChI=1S/C19H24ClN3/c1-14(2)18-13-23(12-11-22-18)19(17-5-3-4-10-21-17)15-6-8-16(20)9-7-15/h3-10,14,18-19,22H,11-13H2,1-2H3. The highest BCUT2D eigenvalue weighted by atomic mass is 35.5. The minimum Gasteiger partial charge on any atom is -0.311 e. The van der Waals surface area contributed by atoms with Crippen LogP contribution >= 0.6 is 11.6 Å². The molecule has 2 atom stereocenters. The third-order valence-corrected chi connectivity index (χ3v) is 4.81. The predicted molar refractivity (Wildman–Crippen MR) is 95.7 cm³/mol. The van der Waals surface area contributed by atoms with E-state index in [9.17, 15) is 0 Å². The van der Waals surface area contributed by atoms with Crippen LogP contribution < -0.4 is 5.32 Å². The number of aromatic nitrogens is 1. The molecule has 2 aromatic rings. The highest BCUT2D eigenvalue weighted by Gasteiger charge is 2.29. The maximum absolute atomic E-state index is 6.07. The summed E-state index contributed by atoms with van der Waals surface area (Å²) in [6.07, 6.45) is 1.88. The van der Waals surface area contributed by atoms with E-state index in [0.29, 0.717) is 12.0 Å². The summed E-state index contributed by atoms with van der Waals surface area (Å²) in [4.78, 5) is 7.16. The van der Waals surface area contributed by atoms with Crippen molar-refractivity contribution in [1.29, 1.82) is 0 Å². The Bertz CT molecular complexity index is 612. The first-order valence-corrected chi connectivity index (χ1v) is 8.67. The lowest BCUT2D eigenvalue weighted by Gasteiger charge is -2.40. The lowest BCUT2D eigenvalue weighted by atomic mass is 9.96. The van der Waals surface area contributed by atoms with Crippen molar-refractivity contribution < 1.29 is 0 Å². The fourth-order valence-corrected chi connectivity index (χ4v) is 3.36. The molecular formula is C19H24ClN3. The van der Waals surface area contributed by atoms with Crippen molar-refractivity contribution in [3.63, 3.8) is 0 Å². The molecule has 3 nitrogen and oxygen atoms in total. The molecule has 0 saturated carbocycles. The first-order valence-electron chi connectivity index (χ1n) is 8.29. The zero-order valence-electron chi connectivity index (χ0n) is 13.7. The van der Waals surface area contributed by atoms with Crippen molar-refractivity contribution in [2.75, 3.05) is 19.6 Å². The van der Waals surface area contributed by atoms with Crippen LogP contribution in [-0.4, -0.2) is 35.6 Å². The fourth-order valence-electron chi connectivity index (χ4n) is 3.23. The van der Waals surface area contributed by atoms with E-state index in [-0.39, 0.29) is 6.04 Å². The second-order valence-corrected chi connectivity index (χ2v) is 6.94. The summed E-state index contributed by atoms with van der Waals surface area (Å²) in [5, 5.41) is 4.40. The highest BCUT2D eigenvalue weighted by Crippen LogP contribution is 2.29. The van der Waals surface area contributed by atoms with Crippen molar-refractivity contribution >= 4 is 11.6 Å². The van der Waals surface area contributed by atoms with Gasteiger partial charge in [0.2, 0.25) is 0 Å². The van der Waals surface area contributed by atoms with Crippen LogP contribution in [0.15, 0.2) is 48.7 Å². The van der Waals surface area contributed by atoms with Crippen LogP contribution in [0.25, 0.3) is 0 Å². The van der Waals surface area contributed by atoms with Crippen molar-refractivity contribution in [1.82, 2.24) is 15.2 Å². The average Bonchev–Trinajstić information content (AvgIpc) is 2.58. The second kappa shape index (κ2) is 7.43. The second-order valence-electron chi connectivity index (χ2n) is 6.51. The first kappa shape index (κ1) is 16.4. The minimum absolute atomic E-state index is 0.178. The van der Waals surface area contributed by atoms with Crippen LogP contribution in [0.3, 0.4) is 0 Å². The van der Waals surface area contributed by atoms with Gasteiger partial charge in [0.25, 0.3) is 0 Å². The van der Waals surface area contributed by atoms with Crippen LogP contribution in [0, 0.1) is 5.92 Å². The number of hydrogen-bond acceptors (Lipinski definition) is 3. The van der Waals surface area contributed by atoms with E-state index in [1.165, 1.54) is 5.56 Å². The van der Waals surface area contributed by atoms with E-state index >= 15 is 0 Å². The van der Waals surface area contributed by atoms with Crippen LogP contribution in [0.4, 0.5) is 0 Å². The smallest absolute Gasteiger partial charge is 0.0777 e. The van der Waals surface area contributed by atoms with Crippen molar-refractivity contribution in [2.45, 2.75) is 25.9 Å². The molecule has 2 heterocycles. The van der Waals surface area contributed by atoms with Gasteiger partial charge in [-0.05, 0) is 35.7 Å². The molecule has 0 aliphatic carbocycles. The van der Waals surface area contributed by atoms with E-state index in [0.717, 1.165) is 30.4 Å². The number of pyridine rings is 1. The van der Waals surface area contributed by atoms with Gasteiger partial charge in [0.1, 0.15) is 0 Å². The Morgan fingerprint density at radius 2 is 1.96 bits per heavy atom. The molecule has 1 N–H and O–H groups in total. The Labute approximate surface area is 143 Å². The topological polar surface area (TPSA) is 28.2 Å². The first-order chi connectivity index (χ1) is 11.1. The van der Waals surface area contributed by atoms with Gasteiger partial charge in [0.15, 0.2) is 0 Å². The number of halogens is 1. The number of nitrogens with one attached hydrogen (secondary N) is 1. The van der Waals surface area contributed by atoms with Gasteiger partial charge >= 0.3 is 0 Å². The molecular weight excluding hydrogens is 306 g/mol. The SMILES string of the molecule is CC(C)C1CN(C(c2ccc(Cl)cc2)c2ccccn2)CCN1. The maximum Gasteiger partial charge on any atom is 0.0777 e. The monoisotopic (exact) mass is 329 g/mol. The Morgan fingerprint density at radius 3 is 2.61 bits per heavy atom. The molecule has 3 rings (SSSR count). The largest absolute Gasteiger partial charge is 0.311 e. The van der Waals surface area contributed by atoms with Gasteiger partial charge in [0.05, 0.1) is 11.7 Å². The summed E-state index contributed by atoms with van der Waals surface area (Å²) in [6.45, 7) is 7.62. The molecule has 1 aliphatic rings. The van der Waals surface area contributed by atoms with Crippen molar-refractivity contribution in [3.05, 3.63) is 64.9 Å². The molecule has 2 unspecified atom stereocenters. The van der Waals surface area contributed by atoms with Gasteiger partial charge in [-0.25, -0.2) is 0 Å². The number of rotatable bonds is 4. The van der Waals surface area contributed by atoms with E-state index in [2.05, 4.69) is 53.3 Å². The molecule has 0 spiro atoms. The van der Waals surface area contributed by atoms with Crippen LogP contribution in [0.1, 0.15) is 31.1 Å². The average molecular weight is 330 g/mol. The van der Waals surface area contributed by atoms with Crippen LogP contribution in [0.2, 0.25) is 5.02 Å². The van der Waals surface area contributed by atoms with Crippen LogP contribution in [-0.2, 0) is 0 Å². The lowest BCUT2D eigenvalue weighted by molar-refractivity contribution is 0.142. The molecule has 0 amide bonds. The summed E-state index contributed by atoms with van der Waals surface area (Å²) in [6, 6.07) is 15.0. The van der Waals surface area contributed by atoms with Crippen LogP contribution in [0.5, 0.6) is 0 Å². The molecule has 23 heavy (non-hydrogen) atoms. The Morgan fingerprint density at radius 1 is 1.17 bits per heavy atom. The van der Waals surface area contributed by atoms with E-state index in [1.807, 2.05) is 24.4 Å². The predicted octanol–water partition coefficient (Wildman–Crippen LogP) is 3.75. The van der Waals surface area contributed by atoms with Gasteiger partial charge in [-0.3, -0.25) is 9.88 Å². The molecule has 1 saturated heterocycles. The summed E-state index contributed by atoms with van der Waals surface area (Å²) in [7, 11) is 0. The van der Waals surface area contributed by atoms with E-state index in [1.54, 1.807) is 0 Å². The van der Waals surface area contributed by atoms with E-state index in [4.69, 9.17) is 11.6 Å². The van der Waals surface area contributed by atoms with Gasteiger partial charge < -0.3 is 5.32 Å². The maximum atomic E-state index is 6.07. The highest BCUT2D eigenvalue weighted by molar-refractivity contribution is 6.30. The summed E-state index contributed by atoms with van der Waals surface area (Å²) in [5.74, 6) is 0.618.